The van der Waals surface area contributed by atoms with Gasteiger partial charge in [-0.05, 0) is 54.5 Å². The third-order valence-electron chi connectivity index (χ3n) is 8.95. The monoisotopic (exact) mass is 468 g/mol. The maximum atomic E-state index is 11.8. The first kappa shape index (κ1) is 26.8. The molecule has 0 N–H and O–H groups in total. The van der Waals surface area contributed by atoms with Crippen LogP contribution in [0.25, 0.3) is 0 Å². The molecule has 0 radical (unpaired) electrons. The van der Waals surface area contributed by atoms with Crippen LogP contribution in [-0.2, 0) is 18.4 Å². The lowest BCUT2D eigenvalue weighted by Gasteiger charge is -2.54. The van der Waals surface area contributed by atoms with Gasteiger partial charge in [0.25, 0.3) is 0 Å². The van der Waals surface area contributed by atoms with Crippen LogP contribution in [0.4, 0.5) is 0 Å². The Morgan fingerprint density at radius 3 is 2.03 bits per heavy atom. The fourth-order valence-corrected chi connectivity index (χ4v) is 6.52. The summed E-state index contributed by atoms with van der Waals surface area (Å²) in [5.74, 6) is 0.0384. The highest BCUT2D eigenvalue weighted by Gasteiger charge is 2.54. The van der Waals surface area contributed by atoms with Gasteiger partial charge in [0.1, 0.15) is 6.61 Å². The molecule has 0 aromatic carbocycles. The van der Waals surface area contributed by atoms with Gasteiger partial charge >= 0.3 is 5.97 Å². The van der Waals surface area contributed by atoms with E-state index in [9.17, 15) is 4.79 Å². The number of carbonyl (C=O) groups excluding carboxylic acids is 1. The summed E-state index contributed by atoms with van der Waals surface area (Å²) >= 11 is 0. The Kier molecular flexibility index (Phi) is 7.55. The summed E-state index contributed by atoms with van der Waals surface area (Å²) < 4.78 is 19.2. The molecule has 2 rings (SSSR count). The van der Waals surface area contributed by atoms with E-state index in [1.165, 1.54) is 0 Å². The van der Waals surface area contributed by atoms with Gasteiger partial charge in [-0.2, -0.15) is 0 Å². The van der Waals surface area contributed by atoms with Crippen LogP contribution in [0.15, 0.2) is 12.2 Å². The predicted octanol–water partition coefficient (Wildman–Crippen LogP) is 6.94. The minimum Gasteiger partial charge on any atom is -0.462 e. The van der Waals surface area contributed by atoms with E-state index in [-0.39, 0.29) is 32.8 Å². The van der Waals surface area contributed by atoms with Crippen molar-refractivity contribution in [3.05, 3.63) is 12.2 Å². The first-order chi connectivity index (χ1) is 13.9. The zero-order valence-electron chi connectivity index (χ0n) is 22.1. The summed E-state index contributed by atoms with van der Waals surface area (Å²) in [6.07, 6.45) is 7.07. The SMILES string of the molecule is CC(C)(C)[Si](C)(C)OC[C@H]1[C@@](C)(CO[Si](C)(C)C(C)(C)C)CCC[C@]12C=CC(=O)OC2. The molecule has 3 atom stereocenters. The molecule has 0 amide bonds. The van der Waals surface area contributed by atoms with Crippen LogP contribution < -0.4 is 0 Å². The first-order valence-corrected chi connectivity index (χ1v) is 17.8. The number of ether oxygens (including phenoxy) is 1. The van der Waals surface area contributed by atoms with Crippen molar-refractivity contribution >= 4 is 22.6 Å². The quantitative estimate of drug-likeness (QED) is 0.313. The molecule has 0 saturated heterocycles. The molecule has 0 aromatic rings. The van der Waals surface area contributed by atoms with Gasteiger partial charge in [-0.25, -0.2) is 4.79 Å². The Balaban J connectivity index is 2.36. The number of cyclic esters (lactones) is 1. The van der Waals surface area contributed by atoms with Gasteiger partial charge in [-0.3, -0.25) is 0 Å². The lowest BCUT2D eigenvalue weighted by atomic mass is 9.55. The lowest BCUT2D eigenvalue weighted by molar-refractivity contribution is -0.150. The van der Waals surface area contributed by atoms with Crippen LogP contribution in [0, 0.1) is 16.7 Å². The van der Waals surface area contributed by atoms with Crippen molar-refractivity contribution in [2.45, 2.75) is 104 Å². The van der Waals surface area contributed by atoms with Crippen LogP contribution in [0.5, 0.6) is 0 Å². The Morgan fingerprint density at radius 2 is 1.55 bits per heavy atom. The molecular weight excluding hydrogens is 420 g/mol. The molecule has 6 heteroatoms. The van der Waals surface area contributed by atoms with Crippen LogP contribution in [0.1, 0.15) is 67.7 Å². The van der Waals surface area contributed by atoms with Crippen LogP contribution >= 0.6 is 0 Å². The smallest absolute Gasteiger partial charge is 0.330 e. The summed E-state index contributed by atoms with van der Waals surface area (Å²) in [6.45, 7) is 27.4. The van der Waals surface area contributed by atoms with Gasteiger partial charge in [0.15, 0.2) is 16.6 Å². The molecule has 1 fully saturated rings. The molecular formula is C25H48O4Si2. The largest absolute Gasteiger partial charge is 0.462 e. The average Bonchev–Trinajstić information content (AvgIpc) is 2.60. The second-order valence-corrected chi connectivity index (χ2v) is 23.0. The van der Waals surface area contributed by atoms with E-state index in [4.69, 9.17) is 13.6 Å². The number of hydrogen-bond acceptors (Lipinski definition) is 4. The van der Waals surface area contributed by atoms with Crippen LogP contribution in [0.3, 0.4) is 0 Å². The third-order valence-corrected chi connectivity index (χ3v) is 17.9. The van der Waals surface area contributed by atoms with Gasteiger partial charge < -0.3 is 13.6 Å². The number of rotatable bonds is 6. The molecule has 180 valence electrons. The van der Waals surface area contributed by atoms with E-state index in [1.54, 1.807) is 6.08 Å². The molecule has 2 aliphatic rings. The molecule has 4 nitrogen and oxygen atoms in total. The number of carbonyl (C=O) groups is 1. The standard InChI is InChI=1S/C25H48O4Si2/c1-22(2,3)30(8,9)28-17-20-24(7,18-29-31(10,11)23(4,5)6)14-12-15-25(20)16-13-21(26)27-19-25/h13,16,20H,12,14-15,17-19H2,1-11H3/t20-,24+,25+/m0/s1. The summed E-state index contributed by atoms with van der Waals surface area (Å²) in [5.41, 5.74) is -0.162. The average molecular weight is 469 g/mol. The Labute approximate surface area is 193 Å². The van der Waals surface area contributed by atoms with E-state index in [2.05, 4.69) is 80.7 Å². The highest BCUT2D eigenvalue weighted by atomic mass is 28.4. The molecule has 0 aromatic heterocycles. The Morgan fingerprint density at radius 1 is 1.00 bits per heavy atom. The minimum atomic E-state index is -1.90. The highest BCUT2D eigenvalue weighted by Crippen LogP contribution is 2.55. The van der Waals surface area contributed by atoms with E-state index < -0.39 is 16.6 Å². The first-order valence-electron chi connectivity index (χ1n) is 12.0. The minimum absolute atomic E-state index is 0.00970. The van der Waals surface area contributed by atoms with Crippen molar-refractivity contribution in [2.75, 3.05) is 19.8 Å². The van der Waals surface area contributed by atoms with E-state index >= 15 is 0 Å². The maximum Gasteiger partial charge on any atom is 0.330 e. The van der Waals surface area contributed by atoms with Crippen molar-refractivity contribution in [3.63, 3.8) is 0 Å². The number of hydrogen-bond donors (Lipinski definition) is 0. The summed E-state index contributed by atoms with van der Waals surface area (Å²) in [5, 5.41) is 0.348. The summed E-state index contributed by atoms with van der Waals surface area (Å²) in [4.78, 5) is 11.8. The molecule has 1 saturated carbocycles. The maximum absolute atomic E-state index is 11.8. The zero-order chi connectivity index (χ0) is 23.9. The molecule has 31 heavy (non-hydrogen) atoms. The van der Waals surface area contributed by atoms with Crippen LogP contribution in [-0.4, -0.2) is 42.4 Å². The van der Waals surface area contributed by atoms with Gasteiger partial charge in [0, 0.05) is 30.6 Å². The molecule has 1 heterocycles. The van der Waals surface area contributed by atoms with Crippen LogP contribution in [0.2, 0.25) is 36.3 Å². The second-order valence-electron chi connectivity index (χ2n) is 13.4. The van der Waals surface area contributed by atoms with Crippen molar-refractivity contribution < 1.29 is 18.4 Å². The van der Waals surface area contributed by atoms with Gasteiger partial charge in [0.05, 0.1) is 0 Å². The number of esters is 1. The fraction of sp³-hybridized carbons (Fsp3) is 0.880. The summed E-state index contributed by atoms with van der Waals surface area (Å²) in [6, 6.07) is 0. The summed E-state index contributed by atoms with van der Waals surface area (Å²) in [7, 11) is -3.76. The van der Waals surface area contributed by atoms with E-state index in [0.29, 0.717) is 13.2 Å². The predicted molar refractivity (Wildman–Crippen MR) is 134 cm³/mol. The highest BCUT2D eigenvalue weighted by molar-refractivity contribution is 6.74. The topological polar surface area (TPSA) is 44.8 Å². The molecule has 1 aliphatic heterocycles. The van der Waals surface area contributed by atoms with E-state index in [1.807, 2.05) is 0 Å². The van der Waals surface area contributed by atoms with Gasteiger partial charge in [-0.15, -0.1) is 0 Å². The van der Waals surface area contributed by atoms with Crippen molar-refractivity contribution in [2.24, 2.45) is 16.7 Å². The third kappa shape index (κ3) is 5.74. The van der Waals surface area contributed by atoms with Crippen molar-refractivity contribution in [1.82, 2.24) is 0 Å². The molecule has 1 spiro atoms. The van der Waals surface area contributed by atoms with Crippen molar-refractivity contribution in [3.8, 4) is 0 Å². The normalized spacial score (nSPS) is 30.5. The zero-order valence-corrected chi connectivity index (χ0v) is 24.1. The lowest BCUT2D eigenvalue weighted by Crippen LogP contribution is -2.55. The fourth-order valence-electron chi connectivity index (χ4n) is 4.38. The Hall–Kier alpha value is -0.436. The van der Waals surface area contributed by atoms with Gasteiger partial charge in [0.2, 0.25) is 0 Å². The molecule has 1 aliphatic carbocycles. The Bertz CT molecular complexity index is 687. The molecule has 0 unspecified atom stereocenters. The second kappa shape index (κ2) is 8.73. The molecule has 0 bridgehead atoms. The van der Waals surface area contributed by atoms with Crippen molar-refractivity contribution in [1.29, 1.82) is 0 Å². The van der Waals surface area contributed by atoms with E-state index in [0.717, 1.165) is 25.9 Å². The van der Waals surface area contributed by atoms with Gasteiger partial charge in [-0.1, -0.05) is 61.0 Å².